The Morgan fingerprint density at radius 1 is 1.50 bits per heavy atom. The summed E-state index contributed by atoms with van der Waals surface area (Å²) in [7, 11) is 2.21. The summed E-state index contributed by atoms with van der Waals surface area (Å²) in [6.45, 7) is 8.08. The van der Waals surface area contributed by atoms with E-state index in [-0.39, 0.29) is 0 Å². The standard InChI is InChI=1S/C8H18N2/c1-7(2)8-6-9-4-5-10(8)3/h7-9H,4-6H2,1-3H3/t8-/m0/s1. The quantitative estimate of drug-likeness (QED) is 0.575. The smallest absolute Gasteiger partial charge is 0.0241 e. The second-order valence-corrected chi connectivity index (χ2v) is 3.50. The van der Waals surface area contributed by atoms with Crippen LogP contribution in [0.3, 0.4) is 0 Å². The minimum absolute atomic E-state index is 0.744. The highest BCUT2D eigenvalue weighted by molar-refractivity contribution is 4.79. The third-order valence-corrected chi connectivity index (χ3v) is 2.33. The lowest BCUT2D eigenvalue weighted by Gasteiger charge is -2.35. The van der Waals surface area contributed by atoms with Crippen molar-refractivity contribution in [3.8, 4) is 0 Å². The van der Waals surface area contributed by atoms with Crippen LogP contribution < -0.4 is 5.32 Å². The van der Waals surface area contributed by atoms with Crippen LogP contribution in [0.25, 0.3) is 0 Å². The molecule has 0 spiro atoms. The summed E-state index contributed by atoms with van der Waals surface area (Å²) in [5.41, 5.74) is 0. The largest absolute Gasteiger partial charge is 0.314 e. The average Bonchev–Trinajstić information content (AvgIpc) is 1.88. The summed E-state index contributed by atoms with van der Waals surface area (Å²) in [6.07, 6.45) is 0. The summed E-state index contributed by atoms with van der Waals surface area (Å²) in [4.78, 5) is 2.45. The number of piperazine rings is 1. The molecule has 0 aromatic rings. The van der Waals surface area contributed by atoms with E-state index in [4.69, 9.17) is 0 Å². The van der Waals surface area contributed by atoms with Gasteiger partial charge in [0.2, 0.25) is 0 Å². The summed E-state index contributed by atoms with van der Waals surface area (Å²) in [6, 6.07) is 0.744. The molecule has 0 aromatic carbocycles. The lowest BCUT2D eigenvalue weighted by Crippen LogP contribution is -2.51. The molecule has 2 heteroatoms. The molecule has 60 valence electrons. The zero-order valence-electron chi connectivity index (χ0n) is 7.22. The minimum atomic E-state index is 0.744. The molecule has 10 heavy (non-hydrogen) atoms. The van der Waals surface area contributed by atoms with E-state index in [2.05, 4.69) is 31.1 Å². The van der Waals surface area contributed by atoms with Gasteiger partial charge in [0, 0.05) is 25.7 Å². The molecule has 0 aliphatic carbocycles. The molecule has 1 aliphatic heterocycles. The zero-order chi connectivity index (χ0) is 7.56. The van der Waals surface area contributed by atoms with Crippen molar-refractivity contribution in [2.45, 2.75) is 19.9 Å². The first-order chi connectivity index (χ1) is 4.72. The number of nitrogens with zero attached hydrogens (tertiary/aromatic N) is 1. The molecule has 1 fully saturated rings. The van der Waals surface area contributed by atoms with Crippen LogP contribution in [-0.2, 0) is 0 Å². The average molecular weight is 142 g/mol. The Morgan fingerprint density at radius 3 is 2.60 bits per heavy atom. The topological polar surface area (TPSA) is 15.3 Å². The predicted molar refractivity (Wildman–Crippen MR) is 44.1 cm³/mol. The third-order valence-electron chi connectivity index (χ3n) is 2.33. The van der Waals surface area contributed by atoms with Gasteiger partial charge in [-0.2, -0.15) is 0 Å². The fourth-order valence-corrected chi connectivity index (χ4v) is 1.57. The minimum Gasteiger partial charge on any atom is -0.314 e. The summed E-state index contributed by atoms with van der Waals surface area (Å²) in [5.74, 6) is 0.776. The molecule has 2 nitrogen and oxygen atoms in total. The summed E-state index contributed by atoms with van der Waals surface area (Å²) >= 11 is 0. The highest BCUT2D eigenvalue weighted by Gasteiger charge is 2.20. The Kier molecular flexibility index (Phi) is 2.69. The lowest BCUT2D eigenvalue weighted by molar-refractivity contribution is 0.157. The maximum Gasteiger partial charge on any atom is 0.0241 e. The molecule has 1 N–H and O–H groups in total. The molecular weight excluding hydrogens is 124 g/mol. The van der Waals surface area contributed by atoms with Gasteiger partial charge >= 0.3 is 0 Å². The highest BCUT2D eigenvalue weighted by Crippen LogP contribution is 2.09. The first-order valence-corrected chi connectivity index (χ1v) is 4.13. The van der Waals surface area contributed by atoms with Crippen LogP contribution in [0, 0.1) is 5.92 Å². The number of hydrogen-bond acceptors (Lipinski definition) is 2. The van der Waals surface area contributed by atoms with E-state index < -0.39 is 0 Å². The molecule has 0 amide bonds. The maximum absolute atomic E-state index is 3.40. The van der Waals surface area contributed by atoms with Crippen LogP contribution in [0.2, 0.25) is 0 Å². The van der Waals surface area contributed by atoms with Gasteiger partial charge in [-0.25, -0.2) is 0 Å². The number of likely N-dealkylation sites (N-methyl/N-ethyl adjacent to an activating group) is 1. The zero-order valence-corrected chi connectivity index (χ0v) is 7.22. The predicted octanol–water partition coefficient (Wildman–Crippen LogP) is 0.546. The highest BCUT2D eigenvalue weighted by atomic mass is 15.2. The van der Waals surface area contributed by atoms with Crippen molar-refractivity contribution in [1.82, 2.24) is 10.2 Å². The molecule has 0 saturated carbocycles. The van der Waals surface area contributed by atoms with Gasteiger partial charge in [-0.05, 0) is 13.0 Å². The van der Waals surface area contributed by atoms with Crippen molar-refractivity contribution < 1.29 is 0 Å². The number of nitrogens with one attached hydrogen (secondary N) is 1. The molecule has 0 bridgehead atoms. The van der Waals surface area contributed by atoms with E-state index in [1.54, 1.807) is 0 Å². The fourth-order valence-electron chi connectivity index (χ4n) is 1.57. The summed E-state index contributed by atoms with van der Waals surface area (Å²) < 4.78 is 0. The first-order valence-electron chi connectivity index (χ1n) is 4.13. The molecule has 1 heterocycles. The van der Waals surface area contributed by atoms with Crippen molar-refractivity contribution in [3.63, 3.8) is 0 Å². The second kappa shape index (κ2) is 3.35. The van der Waals surface area contributed by atoms with Crippen LogP contribution >= 0.6 is 0 Å². The summed E-state index contributed by atoms with van der Waals surface area (Å²) in [5, 5.41) is 3.40. The van der Waals surface area contributed by atoms with E-state index in [9.17, 15) is 0 Å². The van der Waals surface area contributed by atoms with E-state index in [0.717, 1.165) is 25.0 Å². The molecule has 1 aliphatic rings. The first kappa shape index (κ1) is 8.02. The Balaban J connectivity index is 2.40. The normalized spacial score (nSPS) is 29.4. The SMILES string of the molecule is CC(C)[C@@H]1CNCCN1C. The molecule has 0 unspecified atom stereocenters. The van der Waals surface area contributed by atoms with E-state index in [1.807, 2.05) is 0 Å². The van der Waals surface area contributed by atoms with Crippen LogP contribution in [0.15, 0.2) is 0 Å². The van der Waals surface area contributed by atoms with Gasteiger partial charge in [-0.3, -0.25) is 0 Å². The molecular formula is C8H18N2. The van der Waals surface area contributed by atoms with Crippen molar-refractivity contribution in [2.75, 3.05) is 26.7 Å². The van der Waals surface area contributed by atoms with Gasteiger partial charge in [-0.1, -0.05) is 13.8 Å². The van der Waals surface area contributed by atoms with E-state index in [1.165, 1.54) is 6.54 Å². The van der Waals surface area contributed by atoms with Crippen molar-refractivity contribution >= 4 is 0 Å². The molecule has 1 saturated heterocycles. The Morgan fingerprint density at radius 2 is 2.20 bits per heavy atom. The van der Waals surface area contributed by atoms with Gasteiger partial charge in [0.15, 0.2) is 0 Å². The van der Waals surface area contributed by atoms with Crippen molar-refractivity contribution in [2.24, 2.45) is 5.92 Å². The van der Waals surface area contributed by atoms with Crippen LogP contribution in [0.1, 0.15) is 13.8 Å². The van der Waals surface area contributed by atoms with E-state index in [0.29, 0.717) is 0 Å². The van der Waals surface area contributed by atoms with Crippen molar-refractivity contribution in [3.05, 3.63) is 0 Å². The van der Waals surface area contributed by atoms with Crippen LogP contribution in [0.4, 0.5) is 0 Å². The Hall–Kier alpha value is -0.0800. The van der Waals surface area contributed by atoms with Gasteiger partial charge < -0.3 is 10.2 Å². The number of hydrogen-bond donors (Lipinski definition) is 1. The van der Waals surface area contributed by atoms with Crippen LogP contribution in [-0.4, -0.2) is 37.6 Å². The van der Waals surface area contributed by atoms with Gasteiger partial charge in [0.05, 0.1) is 0 Å². The van der Waals surface area contributed by atoms with Gasteiger partial charge in [-0.15, -0.1) is 0 Å². The molecule has 1 atom stereocenters. The third kappa shape index (κ3) is 1.70. The van der Waals surface area contributed by atoms with Gasteiger partial charge in [0.25, 0.3) is 0 Å². The fraction of sp³-hybridized carbons (Fsp3) is 1.00. The van der Waals surface area contributed by atoms with Crippen LogP contribution in [0.5, 0.6) is 0 Å². The van der Waals surface area contributed by atoms with Gasteiger partial charge in [0.1, 0.15) is 0 Å². The molecule has 0 radical (unpaired) electrons. The molecule has 0 aromatic heterocycles. The Labute approximate surface area is 63.6 Å². The van der Waals surface area contributed by atoms with Crippen molar-refractivity contribution in [1.29, 1.82) is 0 Å². The lowest BCUT2D eigenvalue weighted by atomic mass is 10.0. The second-order valence-electron chi connectivity index (χ2n) is 3.50. The maximum atomic E-state index is 3.40. The number of rotatable bonds is 1. The molecule has 1 rings (SSSR count). The Bertz CT molecular complexity index is 101. The van der Waals surface area contributed by atoms with E-state index >= 15 is 0 Å². The monoisotopic (exact) mass is 142 g/mol.